The van der Waals surface area contributed by atoms with Gasteiger partial charge in [-0.05, 0) is 28.3 Å². The molecule has 0 atom stereocenters. The molecule has 0 aromatic heterocycles. The minimum absolute atomic E-state index is 0.547. The Balaban J connectivity index is 1.64. The maximum atomic E-state index is 6.22. The van der Waals surface area contributed by atoms with Gasteiger partial charge in [-0.25, -0.2) is 0 Å². The molecule has 0 aliphatic heterocycles. The van der Waals surface area contributed by atoms with Crippen molar-refractivity contribution < 1.29 is 4.74 Å². The van der Waals surface area contributed by atoms with Crippen LogP contribution in [0.2, 0.25) is 0 Å². The molecule has 0 saturated heterocycles. The molecular formula is C27H22O. The van der Waals surface area contributed by atoms with E-state index in [0.717, 1.165) is 22.4 Å². The fraction of sp³-hybridized carbons (Fsp3) is 0.0370. The van der Waals surface area contributed by atoms with Gasteiger partial charge in [0.05, 0.1) is 0 Å². The van der Waals surface area contributed by atoms with Crippen molar-refractivity contribution in [2.75, 3.05) is 0 Å². The van der Waals surface area contributed by atoms with E-state index in [2.05, 4.69) is 78.9 Å². The van der Waals surface area contributed by atoms with E-state index in [0.29, 0.717) is 6.61 Å². The van der Waals surface area contributed by atoms with Crippen molar-refractivity contribution in [3.05, 3.63) is 126 Å². The molecule has 0 unspecified atom stereocenters. The van der Waals surface area contributed by atoms with Crippen LogP contribution in [-0.2, 0) is 6.61 Å². The summed E-state index contributed by atoms with van der Waals surface area (Å²) in [6.07, 6.45) is 4.23. The number of benzene rings is 4. The van der Waals surface area contributed by atoms with Crippen LogP contribution in [0.15, 0.2) is 109 Å². The van der Waals surface area contributed by atoms with E-state index in [1.54, 1.807) is 0 Å². The average Bonchev–Trinajstić information content (AvgIpc) is 2.78. The fourth-order valence-corrected chi connectivity index (χ4v) is 3.09. The highest BCUT2D eigenvalue weighted by molar-refractivity contribution is 5.76. The zero-order valence-corrected chi connectivity index (χ0v) is 15.7. The molecule has 0 N–H and O–H groups in total. The summed E-state index contributed by atoms with van der Waals surface area (Å²) in [5.74, 6) is 0.886. The van der Waals surface area contributed by atoms with Crippen molar-refractivity contribution in [1.82, 2.24) is 0 Å². The molecule has 28 heavy (non-hydrogen) atoms. The van der Waals surface area contributed by atoms with Crippen LogP contribution in [0.3, 0.4) is 0 Å². The zero-order valence-electron chi connectivity index (χ0n) is 15.7. The second-order valence-corrected chi connectivity index (χ2v) is 6.64. The number of rotatable bonds is 6. The summed E-state index contributed by atoms with van der Waals surface area (Å²) in [6.45, 7) is 0.547. The second kappa shape index (κ2) is 8.88. The van der Waals surface area contributed by atoms with Crippen LogP contribution in [0.25, 0.3) is 23.3 Å². The van der Waals surface area contributed by atoms with E-state index in [4.69, 9.17) is 4.74 Å². The van der Waals surface area contributed by atoms with E-state index in [-0.39, 0.29) is 0 Å². The van der Waals surface area contributed by atoms with Crippen LogP contribution in [0.4, 0.5) is 0 Å². The first-order chi connectivity index (χ1) is 13.9. The van der Waals surface area contributed by atoms with Crippen molar-refractivity contribution in [3.63, 3.8) is 0 Å². The Hall–Kier alpha value is -3.58. The van der Waals surface area contributed by atoms with Crippen LogP contribution in [0.1, 0.15) is 16.7 Å². The molecular weight excluding hydrogens is 340 g/mol. The van der Waals surface area contributed by atoms with Crippen molar-refractivity contribution in [2.45, 2.75) is 6.61 Å². The summed E-state index contributed by atoms with van der Waals surface area (Å²) in [5, 5.41) is 0. The van der Waals surface area contributed by atoms with Crippen LogP contribution >= 0.6 is 0 Å². The predicted octanol–water partition coefficient (Wildman–Crippen LogP) is 7.10. The van der Waals surface area contributed by atoms with Gasteiger partial charge >= 0.3 is 0 Å². The molecule has 4 aromatic rings. The molecule has 1 nitrogen and oxygen atoms in total. The third-order valence-corrected chi connectivity index (χ3v) is 4.61. The van der Waals surface area contributed by atoms with Gasteiger partial charge in [-0.15, -0.1) is 0 Å². The van der Waals surface area contributed by atoms with Gasteiger partial charge in [0.25, 0.3) is 0 Å². The first kappa shape index (κ1) is 17.8. The van der Waals surface area contributed by atoms with Crippen LogP contribution < -0.4 is 4.74 Å². The number of hydrogen-bond donors (Lipinski definition) is 0. The molecule has 0 bridgehead atoms. The Kier molecular flexibility index (Phi) is 5.65. The third-order valence-electron chi connectivity index (χ3n) is 4.61. The molecule has 0 aliphatic rings. The Labute approximate surface area is 166 Å². The van der Waals surface area contributed by atoms with Gasteiger partial charge in [-0.1, -0.05) is 115 Å². The Morgan fingerprint density at radius 2 is 1.21 bits per heavy atom. The van der Waals surface area contributed by atoms with E-state index in [9.17, 15) is 0 Å². The largest absolute Gasteiger partial charge is 0.488 e. The molecule has 136 valence electrons. The summed E-state index contributed by atoms with van der Waals surface area (Å²) in [4.78, 5) is 0. The van der Waals surface area contributed by atoms with Crippen molar-refractivity contribution >= 4 is 12.2 Å². The molecule has 4 rings (SSSR count). The lowest BCUT2D eigenvalue weighted by atomic mass is 10.0. The maximum Gasteiger partial charge on any atom is 0.127 e. The van der Waals surface area contributed by atoms with Gasteiger partial charge in [-0.3, -0.25) is 0 Å². The van der Waals surface area contributed by atoms with Gasteiger partial charge in [0.2, 0.25) is 0 Å². The first-order valence-electron chi connectivity index (χ1n) is 9.48. The van der Waals surface area contributed by atoms with E-state index in [1.807, 2.05) is 42.5 Å². The zero-order chi connectivity index (χ0) is 19.0. The quantitative estimate of drug-likeness (QED) is 0.332. The third kappa shape index (κ3) is 4.57. The van der Waals surface area contributed by atoms with Crippen LogP contribution in [0, 0.1) is 0 Å². The summed E-state index contributed by atoms with van der Waals surface area (Å²) >= 11 is 0. The lowest BCUT2D eigenvalue weighted by Gasteiger charge is -2.12. The van der Waals surface area contributed by atoms with Gasteiger partial charge in [0.1, 0.15) is 12.4 Å². The minimum Gasteiger partial charge on any atom is -0.488 e. The highest BCUT2D eigenvalue weighted by Gasteiger charge is 2.06. The predicted molar refractivity (Wildman–Crippen MR) is 118 cm³/mol. The number of hydrogen-bond acceptors (Lipinski definition) is 1. The van der Waals surface area contributed by atoms with Crippen LogP contribution in [0.5, 0.6) is 5.75 Å². The molecule has 0 amide bonds. The van der Waals surface area contributed by atoms with E-state index >= 15 is 0 Å². The summed E-state index contributed by atoms with van der Waals surface area (Å²) < 4.78 is 6.22. The molecule has 0 heterocycles. The lowest BCUT2D eigenvalue weighted by Crippen LogP contribution is -1.97. The number of ether oxygens (including phenoxy) is 1. The fourth-order valence-electron chi connectivity index (χ4n) is 3.09. The van der Waals surface area contributed by atoms with E-state index in [1.165, 1.54) is 11.1 Å². The summed E-state index contributed by atoms with van der Waals surface area (Å²) in [5.41, 5.74) is 5.74. The van der Waals surface area contributed by atoms with Crippen molar-refractivity contribution in [2.24, 2.45) is 0 Å². The highest BCUT2D eigenvalue weighted by atomic mass is 16.5. The smallest absolute Gasteiger partial charge is 0.127 e. The molecule has 0 fully saturated rings. The molecule has 0 spiro atoms. The maximum absolute atomic E-state index is 6.22. The first-order valence-corrected chi connectivity index (χ1v) is 9.48. The summed E-state index contributed by atoms with van der Waals surface area (Å²) in [6, 6.07) is 37.4. The average molecular weight is 362 g/mol. The SMILES string of the molecule is C(=Cc1ccc(-c2ccccc2)cc1OCc1ccccc1)c1ccccc1. The minimum atomic E-state index is 0.547. The Morgan fingerprint density at radius 1 is 0.571 bits per heavy atom. The van der Waals surface area contributed by atoms with Gasteiger partial charge in [0, 0.05) is 5.56 Å². The Bertz CT molecular complexity index is 1040. The Morgan fingerprint density at radius 3 is 1.93 bits per heavy atom. The molecule has 0 aliphatic carbocycles. The molecule has 0 saturated carbocycles. The monoisotopic (exact) mass is 362 g/mol. The molecule has 0 radical (unpaired) electrons. The van der Waals surface area contributed by atoms with Crippen molar-refractivity contribution in [1.29, 1.82) is 0 Å². The molecule has 4 aromatic carbocycles. The standard InChI is InChI=1S/C27H22O/c1-4-10-22(11-5-1)16-17-25-18-19-26(24-14-8-3-9-15-24)20-27(25)28-21-23-12-6-2-7-13-23/h1-20H,21H2. The van der Waals surface area contributed by atoms with Crippen LogP contribution in [-0.4, -0.2) is 0 Å². The second-order valence-electron chi connectivity index (χ2n) is 6.64. The van der Waals surface area contributed by atoms with Gasteiger partial charge in [-0.2, -0.15) is 0 Å². The normalized spacial score (nSPS) is 10.9. The molecule has 1 heteroatoms. The summed E-state index contributed by atoms with van der Waals surface area (Å²) in [7, 11) is 0. The topological polar surface area (TPSA) is 9.23 Å². The van der Waals surface area contributed by atoms with Gasteiger partial charge < -0.3 is 4.74 Å². The van der Waals surface area contributed by atoms with Gasteiger partial charge in [0.15, 0.2) is 0 Å². The highest BCUT2D eigenvalue weighted by Crippen LogP contribution is 2.29. The lowest BCUT2D eigenvalue weighted by molar-refractivity contribution is 0.305. The van der Waals surface area contributed by atoms with E-state index < -0.39 is 0 Å². The van der Waals surface area contributed by atoms with Crippen molar-refractivity contribution in [3.8, 4) is 16.9 Å².